The van der Waals surface area contributed by atoms with Crippen LogP contribution in [0.5, 0.6) is 0 Å². The van der Waals surface area contributed by atoms with E-state index in [1.807, 2.05) is 20.8 Å². The fourth-order valence-corrected chi connectivity index (χ4v) is 3.86. The molecule has 0 aromatic carbocycles. The van der Waals surface area contributed by atoms with Crippen molar-refractivity contribution in [3.05, 3.63) is 34.1 Å². The first kappa shape index (κ1) is 15.6. The molecule has 0 unspecified atom stereocenters. The molecular formula is C18H25N5O. The van der Waals surface area contributed by atoms with Gasteiger partial charge in [0.15, 0.2) is 0 Å². The van der Waals surface area contributed by atoms with E-state index in [0.717, 1.165) is 62.8 Å². The van der Waals surface area contributed by atoms with Gasteiger partial charge in [-0.3, -0.25) is 4.90 Å². The Morgan fingerprint density at radius 3 is 2.50 bits per heavy atom. The van der Waals surface area contributed by atoms with E-state index in [4.69, 9.17) is 9.51 Å². The van der Waals surface area contributed by atoms with Crippen molar-refractivity contribution in [1.82, 2.24) is 20.0 Å². The fraction of sp³-hybridized carbons (Fsp3) is 0.611. The van der Waals surface area contributed by atoms with E-state index in [2.05, 4.69) is 19.9 Å². The quantitative estimate of drug-likeness (QED) is 0.861. The lowest BCUT2D eigenvalue weighted by atomic mass is 10.1. The molecule has 0 amide bonds. The molecule has 0 atom stereocenters. The SMILES string of the molecule is Cc1nc2c(c(N3CCN(Cc4c(C)noc4C)CC3)n1)CCC2. The van der Waals surface area contributed by atoms with Gasteiger partial charge >= 0.3 is 0 Å². The third-order valence-corrected chi connectivity index (χ3v) is 5.26. The minimum absolute atomic E-state index is 0.906. The smallest absolute Gasteiger partial charge is 0.138 e. The van der Waals surface area contributed by atoms with Crippen LogP contribution in [0.4, 0.5) is 5.82 Å². The van der Waals surface area contributed by atoms with Gasteiger partial charge in [0, 0.05) is 49.5 Å². The molecule has 6 heteroatoms. The number of rotatable bonds is 3. The Balaban J connectivity index is 1.45. The largest absolute Gasteiger partial charge is 0.361 e. The van der Waals surface area contributed by atoms with Gasteiger partial charge in [-0.2, -0.15) is 0 Å². The minimum atomic E-state index is 0.906. The lowest BCUT2D eigenvalue weighted by molar-refractivity contribution is 0.247. The van der Waals surface area contributed by atoms with Crippen LogP contribution in [0.2, 0.25) is 0 Å². The molecule has 0 saturated carbocycles. The lowest BCUT2D eigenvalue weighted by Gasteiger charge is -2.36. The Hall–Kier alpha value is -1.95. The average Bonchev–Trinajstić information content (AvgIpc) is 3.16. The van der Waals surface area contributed by atoms with Gasteiger partial charge in [-0.15, -0.1) is 0 Å². The second-order valence-electron chi connectivity index (χ2n) is 6.94. The van der Waals surface area contributed by atoms with Gasteiger partial charge in [0.25, 0.3) is 0 Å². The number of piperazine rings is 1. The number of aromatic nitrogens is 3. The molecule has 0 N–H and O–H groups in total. The molecule has 128 valence electrons. The molecule has 3 heterocycles. The summed E-state index contributed by atoms with van der Waals surface area (Å²) in [6, 6.07) is 0. The molecule has 1 saturated heterocycles. The topological polar surface area (TPSA) is 58.3 Å². The van der Waals surface area contributed by atoms with Crippen molar-refractivity contribution >= 4 is 5.82 Å². The first-order valence-electron chi connectivity index (χ1n) is 8.87. The van der Waals surface area contributed by atoms with Crippen LogP contribution in [0.3, 0.4) is 0 Å². The molecule has 6 nitrogen and oxygen atoms in total. The molecular weight excluding hydrogens is 302 g/mol. The molecule has 0 radical (unpaired) electrons. The van der Waals surface area contributed by atoms with Crippen LogP contribution >= 0.6 is 0 Å². The minimum Gasteiger partial charge on any atom is -0.361 e. The van der Waals surface area contributed by atoms with Crippen molar-refractivity contribution in [1.29, 1.82) is 0 Å². The van der Waals surface area contributed by atoms with Crippen molar-refractivity contribution in [3.63, 3.8) is 0 Å². The number of aryl methyl sites for hydroxylation is 4. The first-order chi connectivity index (χ1) is 11.6. The summed E-state index contributed by atoms with van der Waals surface area (Å²) in [5.74, 6) is 3.04. The summed E-state index contributed by atoms with van der Waals surface area (Å²) in [5.41, 5.74) is 4.91. The molecule has 24 heavy (non-hydrogen) atoms. The maximum atomic E-state index is 5.29. The van der Waals surface area contributed by atoms with E-state index in [1.54, 1.807) is 0 Å². The monoisotopic (exact) mass is 327 g/mol. The Morgan fingerprint density at radius 2 is 1.79 bits per heavy atom. The van der Waals surface area contributed by atoms with Crippen molar-refractivity contribution in [3.8, 4) is 0 Å². The van der Waals surface area contributed by atoms with E-state index in [0.29, 0.717) is 0 Å². The summed E-state index contributed by atoms with van der Waals surface area (Å²) in [6.45, 7) is 11.1. The molecule has 0 spiro atoms. The van der Waals surface area contributed by atoms with E-state index >= 15 is 0 Å². The number of hydrogen-bond acceptors (Lipinski definition) is 6. The van der Waals surface area contributed by atoms with E-state index in [1.165, 1.54) is 29.1 Å². The van der Waals surface area contributed by atoms with Gasteiger partial charge in [0.2, 0.25) is 0 Å². The molecule has 2 aromatic heterocycles. The molecule has 2 aliphatic rings. The highest BCUT2D eigenvalue weighted by Crippen LogP contribution is 2.29. The van der Waals surface area contributed by atoms with Gasteiger partial charge < -0.3 is 9.42 Å². The van der Waals surface area contributed by atoms with Gasteiger partial charge in [-0.05, 0) is 40.0 Å². The number of anilines is 1. The standard InChI is InChI=1S/C18H25N5O/c1-12-16(13(2)24-21-12)11-22-7-9-23(10-8-22)18-15-5-4-6-17(15)19-14(3)20-18/h4-11H2,1-3H3. The van der Waals surface area contributed by atoms with Gasteiger partial charge in [-0.25, -0.2) is 9.97 Å². The van der Waals surface area contributed by atoms with Gasteiger partial charge in [0.1, 0.15) is 17.4 Å². The predicted molar refractivity (Wildman–Crippen MR) is 92.3 cm³/mol. The maximum Gasteiger partial charge on any atom is 0.138 e. The zero-order valence-corrected chi connectivity index (χ0v) is 14.8. The fourth-order valence-electron chi connectivity index (χ4n) is 3.86. The Kier molecular flexibility index (Phi) is 4.00. The molecule has 1 fully saturated rings. The third-order valence-electron chi connectivity index (χ3n) is 5.26. The number of fused-ring (bicyclic) bond motifs is 1. The van der Waals surface area contributed by atoms with Crippen molar-refractivity contribution in [2.75, 3.05) is 31.1 Å². The predicted octanol–water partition coefficient (Wildman–Crippen LogP) is 2.20. The summed E-state index contributed by atoms with van der Waals surface area (Å²) in [5, 5.41) is 4.06. The first-order valence-corrected chi connectivity index (χ1v) is 8.87. The summed E-state index contributed by atoms with van der Waals surface area (Å²) in [4.78, 5) is 14.3. The highest BCUT2D eigenvalue weighted by Gasteiger charge is 2.25. The zero-order chi connectivity index (χ0) is 16.7. The Morgan fingerprint density at radius 1 is 1.00 bits per heavy atom. The maximum absolute atomic E-state index is 5.29. The van der Waals surface area contributed by atoms with E-state index in [9.17, 15) is 0 Å². The van der Waals surface area contributed by atoms with Crippen molar-refractivity contribution in [2.45, 2.75) is 46.6 Å². The number of hydrogen-bond donors (Lipinski definition) is 0. The molecule has 2 aromatic rings. The molecule has 1 aliphatic heterocycles. The highest BCUT2D eigenvalue weighted by molar-refractivity contribution is 5.51. The van der Waals surface area contributed by atoms with Crippen LogP contribution in [-0.2, 0) is 19.4 Å². The van der Waals surface area contributed by atoms with Crippen LogP contribution in [-0.4, -0.2) is 46.2 Å². The van der Waals surface area contributed by atoms with Crippen molar-refractivity contribution < 1.29 is 4.52 Å². The van der Waals surface area contributed by atoms with Crippen LogP contribution in [0.1, 0.15) is 40.5 Å². The van der Waals surface area contributed by atoms with E-state index < -0.39 is 0 Å². The summed E-state index contributed by atoms with van der Waals surface area (Å²) >= 11 is 0. The Bertz CT molecular complexity index is 727. The van der Waals surface area contributed by atoms with Crippen LogP contribution in [0.25, 0.3) is 0 Å². The summed E-state index contributed by atoms with van der Waals surface area (Å²) < 4.78 is 5.29. The molecule has 4 rings (SSSR count). The summed E-state index contributed by atoms with van der Waals surface area (Å²) in [7, 11) is 0. The second-order valence-corrected chi connectivity index (χ2v) is 6.94. The molecule has 0 bridgehead atoms. The van der Waals surface area contributed by atoms with Crippen LogP contribution in [0, 0.1) is 20.8 Å². The van der Waals surface area contributed by atoms with Gasteiger partial charge in [0.05, 0.1) is 5.69 Å². The second kappa shape index (κ2) is 6.16. The highest BCUT2D eigenvalue weighted by atomic mass is 16.5. The zero-order valence-electron chi connectivity index (χ0n) is 14.8. The molecule has 1 aliphatic carbocycles. The summed E-state index contributed by atoms with van der Waals surface area (Å²) in [6.07, 6.45) is 3.45. The van der Waals surface area contributed by atoms with Crippen molar-refractivity contribution in [2.24, 2.45) is 0 Å². The lowest BCUT2D eigenvalue weighted by Crippen LogP contribution is -2.46. The number of nitrogens with zero attached hydrogens (tertiary/aromatic N) is 5. The van der Waals surface area contributed by atoms with Gasteiger partial charge in [-0.1, -0.05) is 5.16 Å². The Labute approximate surface area is 142 Å². The average molecular weight is 327 g/mol. The van der Waals surface area contributed by atoms with Crippen LogP contribution in [0.15, 0.2) is 4.52 Å². The normalized spacial score (nSPS) is 18.2. The van der Waals surface area contributed by atoms with Crippen LogP contribution < -0.4 is 4.90 Å². The van der Waals surface area contributed by atoms with E-state index in [-0.39, 0.29) is 0 Å². The third kappa shape index (κ3) is 2.79.